The van der Waals surface area contributed by atoms with Crippen LogP contribution in [0.4, 0.5) is 0 Å². The summed E-state index contributed by atoms with van der Waals surface area (Å²) in [6.07, 6.45) is 7.83. The van der Waals surface area contributed by atoms with Gasteiger partial charge in [0.25, 0.3) is 0 Å². The lowest BCUT2D eigenvalue weighted by atomic mass is 9.83. The molecule has 2 aliphatic rings. The lowest BCUT2D eigenvalue weighted by Crippen LogP contribution is -2.37. The molecular weight excluding hydrogens is 246 g/mol. The first-order valence-corrected chi connectivity index (χ1v) is 7.41. The van der Waals surface area contributed by atoms with Gasteiger partial charge < -0.3 is 9.73 Å². The first-order chi connectivity index (χ1) is 9.92. The molecule has 0 aliphatic heterocycles. The Morgan fingerprint density at radius 2 is 1.85 bits per heavy atom. The third-order valence-electron chi connectivity index (χ3n) is 4.74. The molecule has 4 unspecified atom stereocenters. The highest BCUT2D eigenvalue weighted by Gasteiger charge is 2.44. The zero-order chi connectivity index (χ0) is 13.4. The van der Waals surface area contributed by atoms with Crippen LogP contribution < -0.4 is 5.32 Å². The van der Waals surface area contributed by atoms with Gasteiger partial charge in [-0.3, -0.25) is 0 Å². The van der Waals surface area contributed by atoms with Gasteiger partial charge in [-0.1, -0.05) is 42.5 Å². The first-order valence-electron chi connectivity index (χ1n) is 7.41. The smallest absolute Gasteiger partial charge is 0.117 e. The highest BCUT2D eigenvalue weighted by atomic mass is 16.3. The van der Waals surface area contributed by atoms with Gasteiger partial charge in [0.15, 0.2) is 0 Å². The fourth-order valence-electron chi connectivity index (χ4n) is 3.86. The number of benzene rings is 1. The molecule has 4 atom stereocenters. The van der Waals surface area contributed by atoms with Crippen LogP contribution >= 0.6 is 0 Å². The average molecular weight is 265 g/mol. The third kappa shape index (κ3) is 2.01. The molecule has 1 N–H and O–H groups in total. The first kappa shape index (κ1) is 12.0. The molecule has 2 heteroatoms. The maximum atomic E-state index is 5.43. The summed E-state index contributed by atoms with van der Waals surface area (Å²) in [5.41, 5.74) is 1.46. The van der Waals surface area contributed by atoms with Gasteiger partial charge in [0, 0.05) is 12.0 Å². The van der Waals surface area contributed by atoms with Crippen LogP contribution in [0.5, 0.6) is 0 Å². The maximum absolute atomic E-state index is 5.43. The molecular formula is C18H19NO. The van der Waals surface area contributed by atoms with Gasteiger partial charge in [-0.05, 0) is 36.0 Å². The number of furan rings is 1. The molecule has 20 heavy (non-hydrogen) atoms. The number of hydrogen-bond donors (Lipinski definition) is 1. The Kier molecular flexibility index (Phi) is 2.96. The van der Waals surface area contributed by atoms with Crippen LogP contribution in [0.15, 0.2) is 65.3 Å². The van der Waals surface area contributed by atoms with Crippen molar-refractivity contribution in [3.63, 3.8) is 0 Å². The van der Waals surface area contributed by atoms with Crippen molar-refractivity contribution in [1.82, 2.24) is 5.32 Å². The summed E-state index contributed by atoms with van der Waals surface area (Å²) in [7, 11) is 0. The largest absolute Gasteiger partial charge is 0.468 e. The van der Waals surface area contributed by atoms with Crippen molar-refractivity contribution in [2.75, 3.05) is 0 Å². The Hall–Kier alpha value is -1.80. The average Bonchev–Trinajstić information content (AvgIpc) is 3.22. The van der Waals surface area contributed by atoms with Crippen LogP contribution in [0.2, 0.25) is 0 Å². The van der Waals surface area contributed by atoms with Gasteiger partial charge in [0.1, 0.15) is 5.76 Å². The third-order valence-corrected chi connectivity index (χ3v) is 4.74. The van der Waals surface area contributed by atoms with Crippen molar-refractivity contribution in [3.8, 4) is 0 Å². The van der Waals surface area contributed by atoms with E-state index in [0.717, 1.165) is 12.3 Å². The summed E-state index contributed by atoms with van der Waals surface area (Å²) in [6.45, 7) is 0.818. The predicted octanol–water partition coefficient (Wildman–Crippen LogP) is 3.73. The van der Waals surface area contributed by atoms with E-state index in [2.05, 4.69) is 47.8 Å². The van der Waals surface area contributed by atoms with Crippen LogP contribution in [0.3, 0.4) is 0 Å². The molecule has 2 bridgehead atoms. The Morgan fingerprint density at radius 1 is 1.00 bits per heavy atom. The van der Waals surface area contributed by atoms with E-state index in [4.69, 9.17) is 4.42 Å². The van der Waals surface area contributed by atoms with Crippen molar-refractivity contribution >= 4 is 0 Å². The van der Waals surface area contributed by atoms with E-state index in [9.17, 15) is 0 Å². The van der Waals surface area contributed by atoms with E-state index in [1.807, 2.05) is 12.1 Å². The SMILES string of the molecule is C1=CC2CC1C(NCc1ccco1)C2c1ccccc1. The molecule has 0 saturated heterocycles. The Morgan fingerprint density at radius 3 is 2.65 bits per heavy atom. The Bertz CT molecular complexity index is 587. The molecule has 1 saturated carbocycles. The molecule has 2 nitrogen and oxygen atoms in total. The molecule has 1 heterocycles. The lowest BCUT2D eigenvalue weighted by molar-refractivity contribution is 0.380. The van der Waals surface area contributed by atoms with Crippen LogP contribution in [-0.4, -0.2) is 6.04 Å². The van der Waals surface area contributed by atoms with E-state index in [0.29, 0.717) is 23.8 Å². The minimum Gasteiger partial charge on any atom is -0.468 e. The van der Waals surface area contributed by atoms with E-state index < -0.39 is 0 Å². The highest BCUT2D eigenvalue weighted by molar-refractivity contribution is 5.31. The topological polar surface area (TPSA) is 25.2 Å². The summed E-state index contributed by atoms with van der Waals surface area (Å²) in [5.74, 6) is 2.97. The zero-order valence-electron chi connectivity index (χ0n) is 11.4. The minimum absolute atomic E-state index is 0.525. The van der Waals surface area contributed by atoms with E-state index in [1.165, 1.54) is 12.0 Å². The fraction of sp³-hybridized carbons (Fsp3) is 0.333. The maximum Gasteiger partial charge on any atom is 0.117 e. The van der Waals surface area contributed by atoms with Gasteiger partial charge in [0.05, 0.1) is 12.8 Å². The second kappa shape index (κ2) is 4.95. The summed E-state index contributed by atoms with van der Waals surface area (Å²) < 4.78 is 5.43. The van der Waals surface area contributed by atoms with Gasteiger partial charge in [0.2, 0.25) is 0 Å². The Balaban J connectivity index is 1.55. The van der Waals surface area contributed by atoms with Crippen molar-refractivity contribution in [2.45, 2.75) is 24.9 Å². The molecule has 0 amide bonds. The number of fused-ring (bicyclic) bond motifs is 2. The van der Waals surface area contributed by atoms with Crippen molar-refractivity contribution in [2.24, 2.45) is 11.8 Å². The summed E-state index contributed by atoms with van der Waals surface area (Å²) in [5, 5.41) is 3.72. The second-order valence-corrected chi connectivity index (χ2v) is 5.87. The van der Waals surface area contributed by atoms with Gasteiger partial charge in [-0.2, -0.15) is 0 Å². The van der Waals surface area contributed by atoms with E-state index in [1.54, 1.807) is 6.26 Å². The molecule has 102 valence electrons. The van der Waals surface area contributed by atoms with Crippen molar-refractivity contribution in [3.05, 3.63) is 72.2 Å². The molecule has 2 aromatic rings. The number of allylic oxidation sites excluding steroid dienone is 1. The summed E-state index contributed by atoms with van der Waals surface area (Å²) in [6, 6.07) is 15.4. The molecule has 1 fully saturated rings. The molecule has 2 aliphatic carbocycles. The standard InChI is InChI=1S/C18H19NO/c1-2-5-13(6-3-1)17-14-8-9-15(11-14)18(17)19-12-16-7-4-10-20-16/h1-10,14-15,17-19H,11-12H2. The quantitative estimate of drug-likeness (QED) is 0.852. The minimum atomic E-state index is 0.525. The molecule has 1 aromatic heterocycles. The fourth-order valence-corrected chi connectivity index (χ4v) is 3.86. The van der Waals surface area contributed by atoms with Crippen molar-refractivity contribution < 1.29 is 4.42 Å². The van der Waals surface area contributed by atoms with Gasteiger partial charge >= 0.3 is 0 Å². The highest BCUT2D eigenvalue weighted by Crippen LogP contribution is 2.48. The molecule has 0 spiro atoms. The molecule has 1 aromatic carbocycles. The second-order valence-electron chi connectivity index (χ2n) is 5.87. The van der Waals surface area contributed by atoms with Crippen LogP contribution in [-0.2, 0) is 6.54 Å². The number of nitrogens with one attached hydrogen (secondary N) is 1. The van der Waals surface area contributed by atoms with Crippen molar-refractivity contribution in [1.29, 1.82) is 0 Å². The number of rotatable bonds is 4. The zero-order valence-corrected chi connectivity index (χ0v) is 11.4. The number of hydrogen-bond acceptors (Lipinski definition) is 2. The Labute approximate surface area is 119 Å². The molecule has 4 rings (SSSR count). The lowest BCUT2D eigenvalue weighted by Gasteiger charge is -2.29. The van der Waals surface area contributed by atoms with Crippen LogP contribution in [0, 0.1) is 11.8 Å². The van der Waals surface area contributed by atoms with E-state index in [-0.39, 0.29) is 0 Å². The predicted molar refractivity (Wildman–Crippen MR) is 79.3 cm³/mol. The van der Waals surface area contributed by atoms with Crippen LogP contribution in [0.25, 0.3) is 0 Å². The monoisotopic (exact) mass is 265 g/mol. The van der Waals surface area contributed by atoms with Gasteiger partial charge in [-0.25, -0.2) is 0 Å². The normalized spacial score (nSPS) is 31.0. The van der Waals surface area contributed by atoms with Crippen LogP contribution in [0.1, 0.15) is 23.7 Å². The summed E-state index contributed by atoms with van der Waals surface area (Å²) in [4.78, 5) is 0. The molecule has 0 radical (unpaired) electrons. The van der Waals surface area contributed by atoms with E-state index >= 15 is 0 Å². The summed E-state index contributed by atoms with van der Waals surface area (Å²) >= 11 is 0. The van der Waals surface area contributed by atoms with Gasteiger partial charge in [-0.15, -0.1) is 0 Å².